The van der Waals surface area contributed by atoms with Crippen molar-refractivity contribution in [3.8, 4) is 0 Å². The Morgan fingerprint density at radius 3 is 2.62 bits per heavy atom. The molecule has 0 bridgehead atoms. The summed E-state index contributed by atoms with van der Waals surface area (Å²) in [5.41, 5.74) is 0.154. The fourth-order valence-electron chi connectivity index (χ4n) is 2.76. The average Bonchev–Trinajstić information content (AvgIpc) is 2.75. The van der Waals surface area contributed by atoms with Gasteiger partial charge >= 0.3 is 5.97 Å². The lowest BCUT2D eigenvalue weighted by atomic mass is 10.1. The van der Waals surface area contributed by atoms with E-state index in [0.29, 0.717) is 17.5 Å². The Balaban J connectivity index is 2.28. The number of aliphatic hydroxyl groups excluding tert-OH is 1. The number of esters is 1. The van der Waals surface area contributed by atoms with Gasteiger partial charge in [0.25, 0.3) is 5.91 Å². The molecule has 6 heteroatoms. The number of fused-ring (bicyclic) bond motifs is 1. The van der Waals surface area contributed by atoms with Crippen molar-refractivity contribution in [1.29, 1.82) is 0 Å². The number of carbonyl (C=O) groups is 3. The molecule has 0 saturated heterocycles. The Labute approximate surface area is 141 Å². The van der Waals surface area contributed by atoms with Crippen LogP contribution in [0.3, 0.4) is 0 Å². The molecule has 0 fully saturated rings. The monoisotopic (exact) mass is 333 g/mol. The quantitative estimate of drug-likeness (QED) is 0.490. The van der Waals surface area contributed by atoms with Gasteiger partial charge in [-0.3, -0.25) is 9.69 Å². The Morgan fingerprint density at radius 2 is 2.04 bits per heavy atom. The van der Waals surface area contributed by atoms with Crippen LogP contribution >= 0.6 is 0 Å². The molecule has 0 aliphatic carbocycles. The van der Waals surface area contributed by atoms with E-state index in [1.54, 1.807) is 45.0 Å². The van der Waals surface area contributed by atoms with E-state index in [4.69, 9.17) is 4.74 Å². The summed E-state index contributed by atoms with van der Waals surface area (Å²) in [5.74, 6) is -0.978. The Morgan fingerprint density at radius 1 is 1.38 bits per heavy atom. The molecule has 1 aliphatic rings. The summed E-state index contributed by atoms with van der Waals surface area (Å²) in [6.07, 6.45) is 0.542. The average molecular weight is 333 g/mol. The number of hydrogen-bond donors (Lipinski definition) is 1. The summed E-state index contributed by atoms with van der Waals surface area (Å²) in [6.45, 7) is 5.22. The van der Waals surface area contributed by atoms with Gasteiger partial charge in [0.05, 0.1) is 0 Å². The molecule has 1 aromatic carbocycles. The van der Waals surface area contributed by atoms with Crippen LogP contribution in [0.25, 0.3) is 0 Å². The maximum absolute atomic E-state index is 12.6. The van der Waals surface area contributed by atoms with Gasteiger partial charge in [-0.25, -0.2) is 4.79 Å². The zero-order valence-corrected chi connectivity index (χ0v) is 14.2. The zero-order chi connectivity index (χ0) is 17.9. The maximum atomic E-state index is 12.6. The number of carbonyl (C=O) groups excluding carboxylic acids is 3. The van der Waals surface area contributed by atoms with Gasteiger partial charge in [-0.1, -0.05) is 18.2 Å². The number of ether oxygens (including phenoxy) is 1. The van der Waals surface area contributed by atoms with Gasteiger partial charge in [0, 0.05) is 17.5 Å². The van der Waals surface area contributed by atoms with Gasteiger partial charge < -0.3 is 14.6 Å². The van der Waals surface area contributed by atoms with Gasteiger partial charge in [0.1, 0.15) is 17.9 Å². The molecule has 1 aliphatic heterocycles. The molecule has 0 aromatic heterocycles. The third kappa shape index (κ3) is 3.82. The SMILES string of the molecule is CC(C)(C)OC(=O)[C@H](CCCC=O)N1C(=O)c2ccccc2C1O. The van der Waals surface area contributed by atoms with Crippen molar-refractivity contribution < 1.29 is 24.2 Å². The first-order valence-corrected chi connectivity index (χ1v) is 8.02. The molecular formula is C18H23NO5. The number of nitrogens with zero attached hydrogens (tertiary/aromatic N) is 1. The summed E-state index contributed by atoms with van der Waals surface area (Å²) < 4.78 is 5.41. The van der Waals surface area contributed by atoms with E-state index in [1.165, 1.54) is 0 Å². The Bertz CT molecular complexity index is 635. The van der Waals surface area contributed by atoms with Crippen LogP contribution in [-0.2, 0) is 14.3 Å². The molecule has 24 heavy (non-hydrogen) atoms. The van der Waals surface area contributed by atoms with Crippen LogP contribution in [0, 0.1) is 0 Å². The second kappa shape index (κ2) is 7.13. The molecule has 0 radical (unpaired) electrons. The zero-order valence-electron chi connectivity index (χ0n) is 14.2. The van der Waals surface area contributed by atoms with Gasteiger partial charge in [-0.05, 0) is 39.7 Å². The predicted octanol–water partition coefficient (Wildman–Crippen LogP) is 2.21. The number of benzene rings is 1. The highest BCUT2D eigenvalue weighted by Gasteiger charge is 2.43. The fraction of sp³-hybridized carbons (Fsp3) is 0.500. The Kier molecular flexibility index (Phi) is 5.39. The third-order valence-corrected chi connectivity index (χ3v) is 3.78. The second-order valence-electron chi connectivity index (χ2n) is 6.82. The van der Waals surface area contributed by atoms with E-state index in [9.17, 15) is 19.5 Å². The first-order chi connectivity index (χ1) is 11.3. The van der Waals surface area contributed by atoms with Gasteiger partial charge in [-0.15, -0.1) is 0 Å². The van der Waals surface area contributed by atoms with Crippen LogP contribution in [0.2, 0.25) is 0 Å². The molecular weight excluding hydrogens is 310 g/mol. The van der Waals surface area contributed by atoms with Crippen LogP contribution in [0.1, 0.15) is 62.2 Å². The van der Waals surface area contributed by atoms with Crippen LogP contribution in [0.4, 0.5) is 0 Å². The normalized spacial score (nSPS) is 18.2. The van der Waals surface area contributed by atoms with Gasteiger partial charge in [0.15, 0.2) is 6.23 Å². The molecule has 2 rings (SSSR count). The summed E-state index contributed by atoms with van der Waals surface area (Å²) in [6, 6.07) is 5.79. The third-order valence-electron chi connectivity index (χ3n) is 3.78. The maximum Gasteiger partial charge on any atom is 0.329 e. The van der Waals surface area contributed by atoms with Crippen molar-refractivity contribution in [2.75, 3.05) is 0 Å². The van der Waals surface area contributed by atoms with Gasteiger partial charge in [0.2, 0.25) is 0 Å². The highest BCUT2D eigenvalue weighted by Crippen LogP contribution is 2.35. The molecule has 2 atom stereocenters. The van der Waals surface area contributed by atoms with Crippen LogP contribution < -0.4 is 0 Å². The highest BCUT2D eigenvalue weighted by molar-refractivity contribution is 6.01. The Hall–Kier alpha value is -2.21. The second-order valence-corrected chi connectivity index (χ2v) is 6.82. The lowest BCUT2D eigenvalue weighted by molar-refractivity contribution is -0.164. The van der Waals surface area contributed by atoms with Crippen molar-refractivity contribution in [2.45, 2.75) is 57.9 Å². The standard InChI is InChI=1S/C18H23NO5/c1-18(2,3)24-17(23)14(10-6-7-11-20)19-15(21)12-8-4-5-9-13(12)16(19)22/h4-5,8-9,11,14-15,21H,6-7,10H2,1-3H3/t14-,15?/m0/s1. The van der Waals surface area contributed by atoms with Crippen LogP contribution in [0.5, 0.6) is 0 Å². The van der Waals surface area contributed by atoms with E-state index in [2.05, 4.69) is 0 Å². The molecule has 130 valence electrons. The van der Waals surface area contributed by atoms with E-state index in [-0.39, 0.29) is 12.8 Å². The minimum atomic E-state index is -1.19. The van der Waals surface area contributed by atoms with Crippen molar-refractivity contribution in [3.63, 3.8) is 0 Å². The molecule has 1 unspecified atom stereocenters. The number of unbranched alkanes of at least 4 members (excludes halogenated alkanes) is 1. The first-order valence-electron chi connectivity index (χ1n) is 8.02. The minimum absolute atomic E-state index is 0.254. The summed E-state index contributed by atoms with van der Waals surface area (Å²) in [4.78, 5) is 36.9. The molecule has 1 amide bonds. The fourth-order valence-corrected chi connectivity index (χ4v) is 2.76. The highest BCUT2D eigenvalue weighted by atomic mass is 16.6. The molecule has 0 saturated carbocycles. The molecule has 6 nitrogen and oxygen atoms in total. The van der Waals surface area contributed by atoms with Gasteiger partial charge in [-0.2, -0.15) is 0 Å². The van der Waals surface area contributed by atoms with Crippen molar-refractivity contribution in [2.24, 2.45) is 0 Å². The molecule has 1 heterocycles. The summed E-state index contributed by atoms with van der Waals surface area (Å²) >= 11 is 0. The van der Waals surface area contributed by atoms with Crippen molar-refractivity contribution >= 4 is 18.2 Å². The molecule has 0 spiro atoms. The first kappa shape index (κ1) is 18.1. The number of aliphatic hydroxyl groups is 1. The molecule has 1 N–H and O–H groups in total. The largest absolute Gasteiger partial charge is 0.458 e. The van der Waals surface area contributed by atoms with E-state index >= 15 is 0 Å². The summed E-state index contributed by atoms with van der Waals surface area (Å²) in [7, 11) is 0. The van der Waals surface area contributed by atoms with Crippen LogP contribution in [0.15, 0.2) is 24.3 Å². The van der Waals surface area contributed by atoms with E-state index in [0.717, 1.165) is 11.2 Å². The lowest BCUT2D eigenvalue weighted by Crippen LogP contribution is -2.46. The lowest BCUT2D eigenvalue weighted by Gasteiger charge is -2.31. The minimum Gasteiger partial charge on any atom is -0.458 e. The molecule has 1 aromatic rings. The number of amides is 1. The predicted molar refractivity (Wildman–Crippen MR) is 87.1 cm³/mol. The van der Waals surface area contributed by atoms with Crippen molar-refractivity contribution in [3.05, 3.63) is 35.4 Å². The van der Waals surface area contributed by atoms with E-state index in [1.807, 2.05) is 0 Å². The van der Waals surface area contributed by atoms with Crippen LogP contribution in [-0.4, -0.2) is 39.8 Å². The number of rotatable bonds is 6. The van der Waals surface area contributed by atoms with E-state index < -0.39 is 29.7 Å². The number of hydrogen-bond acceptors (Lipinski definition) is 5. The smallest absolute Gasteiger partial charge is 0.329 e. The number of aldehydes is 1. The topological polar surface area (TPSA) is 83.9 Å². The van der Waals surface area contributed by atoms with Crippen molar-refractivity contribution in [1.82, 2.24) is 4.90 Å². The summed E-state index contributed by atoms with van der Waals surface area (Å²) in [5, 5.41) is 10.5.